The zero-order chi connectivity index (χ0) is 25.0. The van der Waals surface area contributed by atoms with E-state index in [0.29, 0.717) is 6.07 Å². The van der Waals surface area contributed by atoms with E-state index in [0.717, 1.165) is 30.3 Å². The largest absolute Gasteiger partial charge is 0.472 e. The Morgan fingerprint density at radius 1 is 1.18 bits per heavy atom. The molecule has 1 N–H and O–H groups in total. The van der Waals surface area contributed by atoms with Gasteiger partial charge in [-0.15, -0.1) is 0 Å². The minimum atomic E-state index is -4.62. The number of carbonyl (C=O) groups is 1. The van der Waals surface area contributed by atoms with Gasteiger partial charge in [-0.05, 0) is 24.3 Å². The van der Waals surface area contributed by atoms with E-state index in [9.17, 15) is 28.1 Å². The molecular weight excluding hydrogens is 537 g/mol. The zero-order valence-electron chi connectivity index (χ0n) is 16.3. The van der Waals surface area contributed by atoms with E-state index in [-0.39, 0.29) is 22.1 Å². The number of carbonyl (C=O) groups excluding carboxylic acids is 1. The van der Waals surface area contributed by atoms with Crippen LogP contribution in [0.5, 0.6) is 11.5 Å². The highest BCUT2D eigenvalue weighted by Crippen LogP contribution is 2.37. The molecule has 0 radical (unpaired) electrons. The van der Waals surface area contributed by atoms with Crippen LogP contribution in [0.25, 0.3) is 0 Å². The van der Waals surface area contributed by atoms with Gasteiger partial charge >= 0.3 is 12.2 Å². The summed E-state index contributed by atoms with van der Waals surface area (Å²) in [6.45, 7) is -0.625. The van der Waals surface area contributed by atoms with Crippen LogP contribution >= 0.6 is 46.4 Å². The highest BCUT2D eigenvalue weighted by atomic mass is 35.6. The third-order valence-corrected chi connectivity index (χ3v) is 4.29. The monoisotopic (exact) mass is 547 g/mol. The van der Waals surface area contributed by atoms with Crippen molar-refractivity contribution in [1.29, 1.82) is 0 Å². The number of benzene rings is 2. The summed E-state index contributed by atoms with van der Waals surface area (Å²) >= 11 is 22.8. The maximum Gasteiger partial charge on any atom is 0.416 e. The highest BCUT2D eigenvalue weighted by Gasteiger charge is 2.31. The van der Waals surface area contributed by atoms with Gasteiger partial charge in [0.1, 0.15) is 23.7 Å². The van der Waals surface area contributed by atoms with Crippen molar-refractivity contribution in [3.63, 3.8) is 0 Å². The minimum absolute atomic E-state index is 0.0978. The number of nitrogens with zero attached hydrogens (tertiary/aromatic N) is 2. The predicted octanol–water partition coefficient (Wildman–Crippen LogP) is 6.53. The molecule has 2 aromatic rings. The van der Waals surface area contributed by atoms with Gasteiger partial charge < -0.3 is 14.8 Å². The fourth-order valence-electron chi connectivity index (χ4n) is 2.26. The van der Waals surface area contributed by atoms with Crippen LogP contribution < -0.4 is 10.1 Å². The molecule has 0 heterocycles. The Morgan fingerprint density at radius 2 is 1.85 bits per heavy atom. The lowest BCUT2D eigenvalue weighted by Crippen LogP contribution is -2.22. The molecule has 15 heteroatoms. The summed E-state index contributed by atoms with van der Waals surface area (Å²) in [5, 5.41) is 13.3. The van der Waals surface area contributed by atoms with E-state index in [4.69, 9.17) is 55.9 Å². The molecule has 2 rings (SSSR count). The van der Waals surface area contributed by atoms with Gasteiger partial charge in [0.15, 0.2) is 0 Å². The van der Waals surface area contributed by atoms with Crippen LogP contribution in [0.3, 0.4) is 0 Å². The molecule has 8 nitrogen and oxygen atoms in total. The number of aliphatic imine (C=N–C) groups is 1. The molecule has 0 saturated carbocycles. The molecule has 178 valence electrons. The second-order valence-electron chi connectivity index (χ2n) is 6.06. The predicted molar refractivity (Wildman–Crippen MR) is 117 cm³/mol. The zero-order valence-corrected chi connectivity index (χ0v) is 19.3. The molecule has 0 aliphatic rings. The van der Waals surface area contributed by atoms with Crippen LogP contribution in [-0.4, -0.2) is 34.3 Å². The number of rotatable bonds is 5. The van der Waals surface area contributed by atoms with E-state index in [1.165, 1.54) is 7.05 Å². The molecule has 2 amide bonds. The average Bonchev–Trinajstić information content (AvgIpc) is 2.70. The summed E-state index contributed by atoms with van der Waals surface area (Å²) in [6, 6.07) is 4.67. The van der Waals surface area contributed by atoms with Crippen molar-refractivity contribution in [3.05, 3.63) is 62.7 Å². The Kier molecular flexibility index (Phi) is 8.63. The van der Waals surface area contributed by atoms with E-state index in [1.54, 1.807) is 0 Å². The fourth-order valence-corrected chi connectivity index (χ4v) is 2.65. The Morgan fingerprint density at radius 3 is 2.36 bits per heavy atom. The van der Waals surface area contributed by atoms with Crippen molar-refractivity contribution in [3.8, 4) is 11.5 Å². The van der Waals surface area contributed by atoms with Crippen LogP contribution in [0, 0.1) is 10.1 Å². The number of urea groups is 1. The first-order valence-electron chi connectivity index (χ1n) is 8.54. The van der Waals surface area contributed by atoms with Gasteiger partial charge in [-0.1, -0.05) is 46.4 Å². The van der Waals surface area contributed by atoms with Crippen LogP contribution in [0.4, 0.5) is 23.7 Å². The van der Waals surface area contributed by atoms with Crippen LogP contribution in [0.15, 0.2) is 41.4 Å². The fraction of sp³-hybridized carbons (Fsp3) is 0.222. The normalized spacial score (nSPS) is 12.3. The number of hydrogen-bond acceptors (Lipinski definition) is 5. The topological polar surface area (TPSA) is 103 Å². The second-order valence-corrected chi connectivity index (χ2v) is 8.98. The summed E-state index contributed by atoms with van der Waals surface area (Å²) in [4.78, 5) is 26.0. The van der Waals surface area contributed by atoms with Crippen molar-refractivity contribution in [1.82, 2.24) is 5.32 Å². The van der Waals surface area contributed by atoms with Gasteiger partial charge in [-0.2, -0.15) is 18.2 Å². The quantitative estimate of drug-likeness (QED) is 0.150. The standard InChI is InChI=1S/C18H12Cl4F3N3O5/c1-26-16(29)27-15(32-8-17(20,21)22)11-7-10(3-4-13(11)28(30)31)33-14-5-2-9(6-12(14)19)18(23,24)25/h2-7H,8H2,1H3,(H,26,29). The van der Waals surface area contributed by atoms with Gasteiger partial charge in [0.05, 0.1) is 15.5 Å². The van der Waals surface area contributed by atoms with Crippen LogP contribution in [-0.2, 0) is 10.9 Å². The van der Waals surface area contributed by atoms with Crippen molar-refractivity contribution in [2.45, 2.75) is 9.97 Å². The molecule has 0 aliphatic heterocycles. The van der Waals surface area contributed by atoms with Gasteiger partial charge in [-0.3, -0.25) is 10.1 Å². The SMILES string of the molecule is CNC(=O)N=C(OCC(Cl)(Cl)Cl)c1cc(Oc2ccc(C(F)(F)F)cc2Cl)ccc1[N+](=O)[O-]. The molecule has 0 spiro atoms. The Labute approximate surface area is 204 Å². The van der Waals surface area contributed by atoms with Gasteiger partial charge in [-0.25, -0.2) is 4.79 Å². The number of nitrogens with one attached hydrogen (secondary N) is 1. The number of alkyl halides is 6. The van der Waals surface area contributed by atoms with E-state index in [2.05, 4.69) is 10.3 Å². The number of ether oxygens (including phenoxy) is 2. The molecule has 0 unspecified atom stereocenters. The molecule has 0 atom stereocenters. The summed E-state index contributed by atoms with van der Waals surface area (Å²) in [6.07, 6.45) is -4.62. The summed E-state index contributed by atoms with van der Waals surface area (Å²) in [7, 11) is 1.25. The van der Waals surface area contributed by atoms with Crippen LogP contribution in [0.2, 0.25) is 5.02 Å². The maximum absolute atomic E-state index is 12.8. The number of nitro benzene ring substituents is 1. The summed E-state index contributed by atoms with van der Waals surface area (Å²) in [5.41, 5.74) is -1.88. The molecule has 0 fully saturated rings. The van der Waals surface area contributed by atoms with Crippen LogP contribution in [0.1, 0.15) is 11.1 Å². The van der Waals surface area contributed by atoms with Crippen molar-refractivity contribution in [2.75, 3.05) is 13.7 Å². The van der Waals surface area contributed by atoms with Gasteiger partial charge in [0, 0.05) is 19.2 Å². The average molecular weight is 549 g/mol. The Bertz CT molecular complexity index is 1090. The second kappa shape index (κ2) is 10.6. The van der Waals surface area contributed by atoms with E-state index in [1.807, 2.05) is 0 Å². The van der Waals surface area contributed by atoms with Crippen molar-refractivity contribution < 1.29 is 32.4 Å². The molecule has 0 saturated heterocycles. The summed E-state index contributed by atoms with van der Waals surface area (Å²) in [5.74, 6) is -0.841. The lowest BCUT2D eigenvalue weighted by atomic mass is 10.1. The smallest absolute Gasteiger partial charge is 0.416 e. The highest BCUT2D eigenvalue weighted by molar-refractivity contribution is 6.67. The Hall–Kier alpha value is -2.47. The number of nitro groups is 1. The number of halogens is 7. The first-order chi connectivity index (χ1) is 15.2. The molecule has 0 aliphatic carbocycles. The molecular formula is C18H12Cl4F3N3O5. The lowest BCUT2D eigenvalue weighted by molar-refractivity contribution is -0.385. The lowest BCUT2D eigenvalue weighted by Gasteiger charge is -2.15. The van der Waals surface area contributed by atoms with E-state index >= 15 is 0 Å². The number of amides is 2. The van der Waals surface area contributed by atoms with Crippen molar-refractivity contribution >= 4 is 64.0 Å². The maximum atomic E-state index is 12.8. The van der Waals surface area contributed by atoms with E-state index < -0.39 is 44.7 Å². The first-order valence-corrected chi connectivity index (χ1v) is 10.1. The van der Waals surface area contributed by atoms with Gasteiger partial charge in [0.2, 0.25) is 9.69 Å². The molecule has 0 bridgehead atoms. The Balaban J connectivity index is 2.51. The van der Waals surface area contributed by atoms with Crippen molar-refractivity contribution in [2.24, 2.45) is 4.99 Å². The minimum Gasteiger partial charge on any atom is -0.472 e. The summed E-state index contributed by atoms with van der Waals surface area (Å²) < 4.78 is 47.2. The number of hydrogen-bond donors (Lipinski definition) is 1. The molecule has 0 aromatic heterocycles. The molecule has 33 heavy (non-hydrogen) atoms. The van der Waals surface area contributed by atoms with Gasteiger partial charge in [0.25, 0.3) is 5.69 Å². The first kappa shape index (κ1) is 26.8. The molecule has 2 aromatic carbocycles. The third-order valence-electron chi connectivity index (χ3n) is 3.67. The third kappa shape index (κ3) is 7.81.